The van der Waals surface area contributed by atoms with Gasteiger partial charge in [-0.05, 0) is 6.92 Å². The lowest BCUT2D eigenvalue weighted by Gasteiger charge is -2.16. The third-order valence-corrected chi connectivity index (χ3v) is 4.68. The minimum Gasteiger partial charge on any atom is -0.338 e. The quantitative estimate of drug-likeness (QED) is 0.766. The van der Waals surface area contributed by atoms with Crippen LogP contribution < -0.4 is 0 Å². The Morgan fingerprint density at radius 1 is 1.53 bits per heavy atom. The third-order valence-electron chi connectivity index (χ3n) is 3.43. The maximum atomic E-state index is 11.9. The summed E-state index contributed by atoms with van der Waals surface area (Å²) in [5.41, 5.74) is 1.98. The van der Waals surface area contributed by atoms with Gasteiger partial charge in [0.25, 0.3) is 0 Å². The van der Waals surface area contributed by atoms with Crippen LogP contribution in [-0.2, 0) is 27.4 Å². The standard InChI is InChI=1S/C11H16ClN3O3S/c1-8-10(4-13-14(8)2)6-15-5-9(3-11(15)16)7-19(12,17)18/h4,9H,3,5-7H2,1-2H3. The van der Waals surface area contributed by atoms with E-state index in [2.05, 4.69) is 5.10 Å². The predicted molar refractivity (Wildman–Crippen MR) is 71.1 cm³/mol. The van der Waals surface area contributed by atoms with Crippen molar-refractivity contribution in [2.24, 2.45) is 13.0 Å². The average Bonchev–Trinajstić information content (AvgIpc) is 2.74. The van der Waals surface area contributed by atoms with Gasteiger partial charge in [0.2, 0.25) is 15.0 Å². The summed E-state index contributed by atoms with van der Waals surface area (Å²) >= 11 is 0. The molecule has 1 unspecified atom stereocenters. The van der Waals surface area contributed by atoms with E-state index in [1.807, 2.05) is 14.0 Å². The molecule has 2 rings (SSSR count). The molecule has 106 valence electrons. The van der Waals surface area contributed by atoms with Crippen LogP contribution in [0, 0.1) is 12.8 Å². The molecule has 1 saturated heterocycles. The number of likely N-dealkylation sites (tertiary alicyclic amines) is 1. The van der Waals surface area contributed by atoms with Gasteiger partial charge in [-0.25, -0.2) is 8.42 Å². The molecule has 0 spiro atoms. The third kappa shape index (κ3) is 3.48. The summed E-state index contributed by atoms with van der Waals surface area (Å²) in [5.74, 6) is -0.399. The number of hydrogen-bond acceptors (Lipinski definition) is 4. The molecule has 0 bridgehead atoms. The number of nitrogens with zero attached hydrogens (tertiary/aromatic N) is 3. The second kappa shape index (κ2) is 5.13. The molecule has 1 atom stereocenters. The molecule has 0 aromatic carbocycles. The van der Waals surface area contributed by atoms with Gasteiger partial charge in [0.1, 0.15) is 0 Å². The van der Waals surface area contributed by atoms with Gasteiger partial charge < -0.3 is 4.90 Å². The molecule has 1 fully saturated rings. The van der Waals surface area contributed by atoms with Crippen LogP contribution in [-0.4, -0.2) is 41.3 Å². The maximum Gasteiger partial charge on any atom is 0.232 e. The van der Waals surface area contributed by atoms with Gasteiger partial charge in [-0.1, -0.05) is 0 Å². The van der Waals surface area contributed by atoms with Crippen molar-refractivity contribution in [3.63, 3.8) is 0 Å². The van der Waals surface area contributed by atoms with E-state index in [0.717, 1.165) is 11.3 Å². The van der Waals surface area contributed by atoms with Crippen LogP contribution in [0.1, 0.15) is 17.7 Å². The smallest absolute Gasteiger partial charge is 0.232 e. The molecule has 0 saturated carbocycles. The molecule has 1 amide bonds. The largest absolute Gasteiger partial charge is 0.338 e. The molecule has 0 N–H and O–H groups in total. The molecule has 19 heavy (non-hydrogen) atoms. The molecular formula is C11H16ClN3O3S. The van der Waals surface area contributed by atoms with Crippen LogP contribution in [0.4, 0.5) is 0 Å². The van der Waals surface area contributed by atoms with E-state index < -0.39 is 9.05 Å². The van der Waals surface area contributed by atoms with Crippen LogP contribution in [0.5, 0.6) is 0 Å². The number of rotatable bonds is 4. The lowest BCUT2D eigenvalue weighted by molar-refractivity contribution is -0.128. The first-order valence-electron chi connectivity index (χ1n) is 5.94. The predicted octanol–water partition coefficient (Wildman–Crippen LogP) is 0.646. The van der Waals surface area contributed by atoms with Crippen molar-refractivity contribution >= 4 is 25.6 Å². The lowest BCUT2D eigenvalue weighted by atomic mass is 10.1. The Morgan fingerprint density at radius 3 is 2.74 bits per heavy atom. The number of amides is 1. The average molecular weight is 306 g/mol. The van der Waals surface area contributed by atoms with Gasteiger partial charge in [0.15, 0.2) is 0 Å². The first-order valence-corrected chi connectivity index (χ1v) is 8.41. The van der Waals surface area contributed by atoms with Gasteiger partial charge >= 0.3 is 0 Å². The first kappa shape index (κ1) is 14.3. The minimum absolute atomic E-state index is 0.0337. The number of carbonyl (C=O) groups is 1. The lowest BCUT2D eigenvalue weighted by Crippen LogP contribution is -2.25. The van der Waals surface area contributed by atoms with E-state index in [9.17, 15) is 13.2 Å². The summed E-state index contributed by atoms with van der Waals surface area (Å²) in [6.07, 6.45) is 1.97. The van der Waals surface area contributed by atoms with Gasteiger partial charge in [-0.15, -0.1) is 0 Å². The van der Waals surface area contributed by atoms with E-state index in [0.29, 0.717) is 13.1 Å². The zero-order valence-electron chi connectivity index (χ0n) is 10.8. The molecule has 1 aromatic heterocycles. The Kier molecular flexibility index (Phi) is 3.87. The van der Waals surface area contributed by atoms with Gasteiger partial charge in [-0.3, -0.25) is 9.48 Å². The zero-order chi connectivity index (χ0) is 14.2. The van der Waals surface area contributed by atoms with Crippen molar-refractivity contribution in [1.29, 1.82) is 0 Å². The summed E-state index contributed by atoms with van der Waals surface area (Å²) in [5, 5.41) is 4.12. The fourth-order valence-electron chi connectivity index (χ4n) is 2.30. The maximum absolute atomic E-state index is 11.9. The summed E-state index contributed by atoms with van der Waals surface area (Å²) in [7, 11) is 3.51. The number of hydrogen-bond donors (Lipinski definition) is 0. The number of aryl methyl sites for hydroxylation is 1. The van der Waals surface area contributed by atoms with Crippen LogP contribution in [0.25, 0.3) is 0 Å². The fourth-order valence-corrected chi connectivity index (χ4v) is 3.63. The Bertz CT molecular complexity index is 596. The topological polar surface area (TPSA) is 72.3 Å². The van der Waals surface area contributed by atoms with Crippen molar-refractivity contribution in [2.45, 2.75) is 19.9 Å². The second-order valence-electron chi connectivity index (χ2n) is 4.93. The van der Waals surface area contributed by atoms with E-state index in [4.69, 9.17) is 10.7 Å². The van der Waals surface area contributed by atoms with E-state index >= 15 is 0 Å². The first-order chi connectivity index (χ1) is 8.76. The monoisotopic (exact) mass is 305 g/mol. The van der Waals surface area contributed by atoms with Crippen LogP contribution in [0.15, 0.2) is 6.20 Å². The zero-order valence-corrected chi connectivity index (χ0v) is 12.4. The molecule has 1 aliphatic heterocycles. The summed E-state index contributed by atoms with van der Waals surface area (Å²) in [6.45, 7) is 2.83. The van der Waals surface area contributed by atoms with Gasteiger partial charge in [0.05, 0.1) is 11.9 Å². The van der Waals surface area contributed by atoms with Crippen LogP contribution in [0.3, 0.4) is 0 Å². The number of aromatic nitrogens is 2. The Balaban J connectivity index is 2.03. The van der Waals surface area contributed by atoms with Crippen molar-refractivity contribution in [3.8, 4) is 0 Å². The van der Waals surface area contributed by atoms with Crippen molar-refractivity contribution in [3.05, 3.63) is 17.5 Å². The normalized spacial score (nSPS) is 20.3. The SMILES string of the molecule is Cc1c(CN2CC(CS(=O)(=O)Cl)CC2=O)cnn1C. The van der Waals surface area contributed by atoms with E-state index in [-0.39, 0.29) is 24.0 Å². The number of carbonyl (C=O) groups excluding carboxylic acids is 1. The highest BCUT2D eigenvalue weighted by Gasteiger charge is 2.32. The molecule has 6 nitrogen and oxygen atoms in total. The van der Waals surface area contributed by atoms with Crippen molar-refractivity contribution in [2.75, 3.05) is 12.3 Å². The molecular weight excluding hydrogens is 290 g/mol. The van der Waals surface area contributed by atoms with Gasteiger partial charge in [0, 0.05) is 54.4 Å². The van der Waals surface area contributed by atoms with Crippen LogP contribution in [0.2, 0.25) is 0 Å². The molecule has 0 aliphatic carbocycles. The highest BCUT2D eigenvalue weighted by Crippen LogP contribution is 2.23. The Hall–Kier alpha value is -1.08. The van der Waals surface area contributed by atoms with Crippen molar-refractivity contribution in [1.82, 2.24) is 14.7 Å². The van der Waals surface area contributed by atoms with E-state index in [1.54, 1.807) is 15.8 Å². The fraction of sp³-hybridized carbons (Fsp3) is 0.636. The summed E-state index contributed by atoms with van der Waals surface area (Å²) in [6, 6.07) is 0. The molecule has 0 radical (unpaired) electrons. The Morgan fingerprint density at radius 2 is 2.21 bits per heavy atom. The molecule has 8 heteroatoms. The highest BCUT2D eigenvalue weighted by molar-refractivity contribution is 8.13. The molecule has 2 heterocycles. The minimum atomic E-state index is -3.55. The summed E-state index contributed by atoms with van der Waals surface area (Å²) in [4.78, 5) is 13.5. The van der Waals surface area contributed by atoms with Gasteiger partial charge in [-0.2, -0.15) is 5.10 Å². The second-order valence-corrected chi connectivity index (χ2v) is 7.75. The number of halogens is 1. The van der Waals surface area contributed by atoms with Crippen LogP contribution >= 0.6 is 10.7 Å². The summed E-state index contributed by atoms with van der Waals surface area (Å²) < 4.78 is 23.8. The van der Waals surface area contributed by atoms with Crippen molar-refractivity contribution < 1.29 is 13.2 Å². The van der Waals surface area contributed by atoms with E-state index in [1.165, 1.54) is 0 Å². The Labute approximate surface area is 116 Å². The molecule has 1 aliphatic rings. The molecule has 1 aromatic rings. The highest BCUT2D eigenvalue weighted by atomic mass is 35.7.